The molecule has 1 N–H and O–H groups in total. The van der Waals surface area contributed by atoms with Crippen LogP contribution in [0.25, 0.3) is 0 Å². The number of aromatic hydroxyl groups is 1. The third-order valence-corrected chi connectivity index (χ3v) is 6.67. The predicted octanol–water partition coefficient (Wildman–Crippen LogP) is -3.48. The smallest absolute Gasteiger partial charge is 0.543 e. The molecule has 0 radical (unpaired) electrons. The molecule has 160 valence electrons. The minimum atomic E-state index is -1.46. The number of carboxylic acid groups (broad SMARTS) is 1. The number of likely N-dealkylation sites (tertiary alicyclic amines) is 1. The van der Waals surface area contributed by atoms with E-state index in [2.05, 4.69) is 0 Å². The number of carbonyl (C=O) groups is 4. The summed E-state index contributed by atoms with van der Waals surface area (Å²) < 4.78 is 0. The summed E-state index contributed by atoms with van der Waals surface area (Å²) in [6.45, 7) is 2.19. The molecule has 1 unspecified atom stereocenters. The third-order valence-electron chi connectivity index (χ3n) is 6.67. The number of amides is 3. The Bertz CT molecular complexity index is 1100. The zero-order valence-corrected chi connectivity index (χ0v) is 19.8. The van der Waals surface area contributed by atoms with Crippen LogP contribution in [0.15, 0.2) is 47.2 Å². The molecule has 3 fully saturated rings. The van der Waals surface area contributed by atoms with Crippen molar-refractivity contribution in [1.29, 1.82) is 0 Å². The largest absolute Gasteiger partial charge is 1.00 e. The minimum absolute atomic E-state index is 0. The van der Waals surface area contributed by atoms with Gasteiger partial charge in [0.2, 0.25) is 5.91 Å². The molecule has 0 aliphatic carbocycles. The van der Waals surface area contributed by atoms with Gasteiger partial charge in [0.15, 0.2) is 0 Å². The first kappa shape index (κ1) is 22.6. The van der Waals surface area contributed by atoms with Gasteiger partial charge in [-0.05, 0) is 48.8 Å². The fourth-order valence-electron chi connectivity index (χ4n) is 5.27. The zero-order chi connectivity index (χ0) is 22.0. The predicted molar refractivity (Wildman–Crippen MR) is 105 cm³/mol. The number of nitrogens with zero attached hydrogens (tertiary/aromatic N) is 3. The first-order chi connectivity index (χ1) is 14.8. The number of β-lactam (4-membered cyclic amide) rings is 1. The van der Waals surface area contributed by atoms with Crippen molar-refractivity contribution in [2.24, 2.45) is 5.92 Å². The number of benzene rings is 1. The number of carbonyl (C=O) groups excluding carboxylic acids is 4. The van der Waals surface area contributed by atoms with E-state index in [1.165, 1.54) is 28.9 Å². The van der Waals surface area contributed by atoms with Gasteiger partial charge in [0.1, 0.15) is 11.8 Å². The van der Waals surface area contributed by atoms with Gasteiger partial charge in [0.25, 0.3) is 11.8 Å². The van der Waals surface area contributed by atoms with Crippen molar-refractivity contribution in [2.45, 2.75) is 31.8 Å². The standard InChI is InChI=1S/C22H21N3O6.Na/c1-11(26)23-9-7-15-16(18(22(30)31)25-17(15)19(23)21(25)29)10-12-6-8-24(20(12)28)13-2-4-14(27)5-3-13;/h2-5,10,15,17,19,27H,6-9H2,1H3,(H,30,31);/q;+1/p-1/b12-10+;/t15?,17-,19+;/m1./s1. The topological polar surface area (TPSA) is 121 Å². The summed E-state index contributed by atoms with van der Waals surface area (Å²) in [4.78, 5) is 53.8. The van der Waals surface area contributed by atoms with Crippen LogP contribution in [0.1, 0.15) is 19.8 Å². The van der Waals surface area contributed by atoms with Crippen molar-refractivity contribution < 1.29 is 58.9 Å². The Labute approximate surface area is 206 Å². The first-order valence-corrected chi connectivity index (χ1v) is 10.2. The monoisotopic (exact) mass is 445 g/mol. The van der Waals surface area contributed by atoms with Gasteiger partial charge in [-0.1, -0.05) is 0 Å². The molecule has 3 saturated heterocycles. The van der Waals surface area contributed by atoms with Gasteiger partial charge in [0.05, 0.1) is 17.7 Å². The summed E-state index contributed by atoms with van der Waals surface area (Å²) in [7, 11) is 0. The second kappa shape index (κ2) is 8.06. The Balaban J connectivity index is 0.00000245. The molecule has 3 amide bonds. The molecule has 4 aliphatic rings. The summed E-state index contributed by atoms with van der Waals surface area (Å²) in [5.74, 6) is -2.48. The maximum absolute atomic E-state index is 13.0. The molecule has 3 atom stereocenters. The zero-order valence-electron chi connectivity index (χ0n) is 17.8. The van der Waals surface area contributed by atoms with Gasteiger partial charge >= 0.3 is 29.6 Å². The molecule has 9 nitrogen and oxygen atoms in total. The molecule has 5 rings (SSSR count). The van der Waals surface area contributed by atoms with Crippen LogP contribution in [0.5, 0.6) is 5.75 Å². The number of hydrogen-bond acceptors (Lipinski definition) is 6. The van der Waals surface area contributed by atoms with E-state index in [0.717, 1.165) is 0 Å². The number of phenols is 1. The van der Waals surface area contributed by atoms with E-state index in [-0.39, 0.29) is 58.7 Å². The van der Waals surface area contributed by atoms with Crippen molar-refractivity contribution in [2.75, 3.05) is 18.0 Å². The molecular weight excluding hydrogens is 425 g/mol. The van der Waals surface area contributed by atoms with E-state index >= 15 is 0 Å². The van der Waals surface area contributed by atoms with Crippen LogP contribution in [-0.2, 0) is 19.2 Å². The number of hydrogen-bond donors (Lipinski definition) is 1. The van der Waals surface area contributed by atoms with E-state index in [0.29, 0.717) is 42.8 Å². The molecule has 0 bridgehead atoms. The summed E-state index contributed by atoms with van der Waals surface area (Å²) in [6.07, 6.45) is 2.54. The molecule has 0 saturated carbocycles. The van der Waals surface area contributed by atoms with Gasteiger partial charge in [-0.2, -0.15) is 0 Å². The Morgan fingerprint density at radius 1 is 1.16 bits per heavy atom. The van der Waals surface area contributed by atoms with Crippen molar-refractivity contribution in [3.8, 4) is 5.75 Å². The Kier molecular flexibility index (Phi) is 5.68. The van der Waals surface area contributed by atoms with Crippen LogP contribution in [0.4, 0.5) is 5.69 Å². The van der Waals surface area contributed by atoms with E-state index in [4.69, 9.17) is 0 Å². The maximum Gasteiger partial charge on any atom is 1.00 e. The van der Waals surface area contributed by atoms with Crippen molar-refractivity contribution in [1.82, 2.24) is 9.80 Å². The van der Waals surface area contributed by atoms with Gasteiger partial charge in [-0.25, -0.2) is 0 Å². The summed E-state index contributed by atoms with van der Waals surface area (Å²) in [5.41, 5.74) is 1.34. The van der Waals surface area contributed by atoms with Crippen LogP contribution in [-0.4, -0.2) is 63.8 Å². The number of carboxylic acids is 1. The second-order valence-corrected chi connectivity index (χ2v) is 8.24. The van der Waals surface area contributed by atoms with Gasteiger partial charge < -0.3 is 29.7 Å². The molecule has 0 aromatic heterocycles. The molecule has 1 aromatic rings. The second-order valence-electron chi connectivity index (χ2n) is 8.24. The number of rotatable bonds is 3. The molecule has 1 aromatic carbocycles. The molecule has 4 aliphatic heterocycles. The minimum Gasteiger partial charge on any atom is -0.543 e. The van der Waals surface area contributed by atoms with E-state index in [1.807, 2.05) is 0 Å². The van der Waals surface area contributed by atoms with Crippen LogP contribution in [0.3, 0.4) is 0 Å². The molecular formula is C22H20N3NaO6. The molecule has 0 spiro atoms. The van der Waals surface area contributed by atoms with Gasteiger partial charge in [-0.15, -0.1) is 0 Å². The summed E-state index contributed by atoms with van der Waals surface area (Å²) in [6, 6.07) is 5.20. The summed E-state index contributed by atoms with van der Waals surface area (Å²) in [5, 5.41) is 21.4. The number of aliphatic carboxylic acids is 1. The number of phenolic OH excluding ortho intramolecular Hbond substituents is 1. The van der Waals surface area contributed by atoms with Crippen LogP contribution < -0.4 is 39.6 Å². The van der Waals surface area contributed by atoms with Crippen LogP contribution in [0, 0.1) is 5.92 Å². The van der Waals surface area contributed by atoms with E-state index < -0.39 is 24.0 Å². The number of piperidine rings is 1. The number of allylic oxidation sites excluding steroid dienone is 1. The quantitative estimate of drug-likeness (QED) is 0.293. The van der Waals surface area contributed by atoms with E-state index in [1.54, 1.807) is 23.1 Å². The molecule has 10 heteroatoms. The fourth-order valence-corrected chi connectivity index (χ4v) is 5.27. The average Bonchev–Trinajstić information content (AvgIpc) is 3.25. The van der Waals surface area contributed by atoms with Crippen LogP contribution in [0.2, 0.25) is 0 Å². The molecule has 4 heterocycles. The Morgan fingerprint density at radius 3 is 2.47 bits per heavy atom. The van der Waals surface area contributed by atoms with Crippen molar-refractivity contribution in [3.05, 3.63) is 47.2 Å². The van der Waals surface area contributed by atoms with Crippen molar-refractivity contribution in [3.63, 3.8) is 0 Å². The molecule has 32 heavy (non-hydrogen) atoms. The van der Waals surface area contributed by atoms with Gasteiger partial charge in [0, 0.05) is 37.2 Å². The van der Waals surface area contributed by atoms with Crippen LogP contribution >= 0.6 is 0 Å². The summed E-state index contributed by atoms with van der Waals surface area (Å²) >= 11 is 0. The Hall–Kier alpha value is -2.62. The Morgan fingerprint density at radius 2 is 1.84 bits per heavy atom. The SMILES string of the molecule is CC(=O)N1CCC2C(/C=C3\CCN(c4ccc(O)cc4)C3=O)=C(C(=O)[O-])N3C(=O)[C@@H]1[C@@H]23.[Na+]. The number of anilines is 1. The maximum atomic E-state index is 13.0. The van der Waals surface area contributed by atoms with Crippen molar-refractivity contribution >= 4 is 29.4 Å². The van der Waals surface area contributed by atoms with E-state index in [9.17, 15) is 29.4 Å². The first-order valence-electron chi connectivity index (χ1n) is 10.2. The van der Waals surface area contributed by atoms with Gasteiger partial charge in [-0.3, -0.25) is 14.4 Å². The average molecular weight is 445 g/mol. The third kappa shape index (κ3) is 3.18. The fraction of sp³-hybridized carbons (Fsp3) is 0.364. The normalized spacial score (nSPS) is 27.5.